The molecule has 104 valence electrons. The van der Waals surface area contributed by atoms with Gasteiger partial charge in [-0.15, -0.1) is 0 Å². The molecule has 0 aromatic heterocycles. The van der Waals surface area contributed by atoms with Crippen molar-refractivity contribution in [1.82, 2.24) is 4.90 Å². The fraction of sp³-hybridized carbons (Fsp3) is 1.00. The summed E-state index contributed by atoms with van der Waals surface area (Å²) in [6.07, 6.45) is 4.65. The number of unbranched alkanes of at least 4 members (excludes halogenated alkanes) is 1. The van der Waals surface area contributed by atoms with Crippen LogP contribution in [0.2, 0.25) is 0 Å². The van der Waals surface area contributed by atoms with Crippen LogP contribution in [0.15, 0.2) is 0 Å². The lowest BCUT2D eigenvalue weighted by Crippen LogP contribution is -2.30. The molecular weight excluding hydrogens is 216 g/mol. The number of nitrogens with zero attached hydrogens (tertiary/aromatic N) is 1. The van der Waals surface area contributed by atoms with Gasteiger partial charge < -0.3 is 20.1 Å². The van der Waals surface area contributed by atoms with E-state index in [0.29, 0.717) is 6.04 Å². The van der Waals surface area contributed by atoms with Gasteiger partial charge in [-0.05, 0) is 32.7 Å². The zero-order valence-electron chi connectivity index (χ0n) is 11.8. The third-order valence-electron chi connectivity index (χ3n) is 2.82. The van der Waals surface area contributed by atoms with Crippen LogP contribution >= 0.6 is 0 Å². The van der Waals surface area contributed by atoms with E-state index >= 15 is 0 Å². The molecule has 0 aliphatic heterocycles. The van der Waals surface area contributed by atoms with Gasteiger partial charge in [0.15, 0.2) is 0 Å². The van der Waals surface area contributed by atoms with Crippen LogP contribution in [0.4, 0.5) is 0 Å². The normalized spacial score (nSPS) is 13.2. The van der Waals surface area contributed by atoms with E-state index < -0.39 is 0 Å². The zero-order chi connectivity index (χ0) is 12.9. The van der Waals surface area contributed by atoms with E-state index in [2.05, 4.69) is 11.8 Å². The lowest BCUT2D eigenvalue weighted by molar-refractivity contribution is 0.131. The highest BCUT2D eigenvalue weighted by Gasteiger charge is 2.04. The molecule has 0 heterocycles. The van der Waals surface area contributed by atoms with Gasteiger partial charge in [0.25, 0.3) is 0 Å². The molecule has 0 aromatic carbocycles. The van der Waals surface area contributed by atoms with Crippen LogP contribution in [-0.4, -0.2) is 58.0 Å². The summed E-state index contributed by atoms with van der Waals surface area (Å²) in [5.74, 6) is 0. The monoisotopic (exact) mass is 246 g/mol. The van der Waals surface area contributed by atoms with Gasteiger partial charge in [-0.1, -0.05) is 6.42 Å². The number of hydrogen-bond donors (Lipinski definition) is 1. The van der Waals surface area contributed by atoms with Crippen molar-refractivity contribution in [3.05, 3.63) is 0 Å². The first-order valence-corrected chi connectivity index (χ1v) is 6.66. The third-order valence-corrected chi connectivity index (χ3v) is 2.82. The summed E-state index contributed by atoms with van der Waals surface area (Å²) in [5.41, 5.74) is 5.74. The maximum atomic E-state index is 5.74. The van der Waals surface area contributed by atoms with Crippen molar-refractivity contribution in [2.45, 2.75) is 38.6 Å². The van der Waals surface area contributed by atoms with Crippen LogP contribution in [0.1, 0.15) is 32.6 Å². The quantitative estimate of drug-likeness (QED) is 0.530. The van der Waals surface area contributed by atoms with Crippen LogP contribution in [-0.2, 0) is 9.47 Å². The van der Waals surface area contributed by atoms with Gasteiger partial charge in [0, 0.05) is 40.0 Å². The Morgan fingerprint density at radius 2 is 1.59 bits per heavy atom. The zero-order valence-corrected chi connectivity index (χ0v) is 11.8. The van der Waals surface area contributed by atoms with E-state index in [4.69, 9.17) is 15.2 Å². The summed E-state index contributed by atoms with van der Waals surface area (Å²) in [7, 11) is 3.51. The first-order valence-electron chi connectivity index (χ1n) is 6.66. The van der Waals surface area contributed by atoms with Crippen LogP contribution in [0.5, 0.6) is 0 Å². The second-order valence-corrected chi connectivity index (χ2v) is 4.65. The summed E-state index contributed by atoms with van der Waals surface area (Å²) in [5, 5.41) is 0. The van der Waals surface area contributed by atoms with Crippen LogP contribution in [0.3, 0.4) is 0 Å². The fourth-order valence-corrected chi connectivity index (χ4v) is 1.79. The summed E-state index contributed by atoms with van der Waals surface area (Å²) in [6, 6.07) is 0.330. The molecule has 0 rings (SSSR count). The fourth-order valence-electron chi connectivity index (χ4n) is 1.79. The minimum atomic E-state index is 0.330. The Morgan fingerprint density at radius 3 is 2.18 bits per heavy atom. The minimum absolute atomic E-state index is 0.330. The lowest BCUT2D eigenvalue weighted by Gasteiger charge is -2.21. The van der Waals surface area contributed by atoms with Gasteiger partial charge in [0.05, 0.1) is 6.61 Å². The van der Waals surface area contributed by atoms with Crippen LogP contribution in [0, 0.1) is 0 Å². The first kappa shape index (κ1) is 16.8. The second kappa shape index (κ2) is 12.3. The van der Waals surface area contributed by atoms with E-state index in [0.717, 1.165) is 45.7 Å². The molecule has 2 N–H and O–H groups in total. The summed E-state index contributed by atoms with van der Waals surface area (Å²) < 4.78 is 10.2. The standard InChI is InChI=1S/C13H30N2O2/c1-13(14)7-4-5-8-15(10-12-17-3)9-6-11-16-2/h13H,4-12,14H2,1-3H3. The van der Waals surface area contributed by atoms with Crippen molar-refractivity contribution < 1.29 is 9.47 Å². The molecule has 4 heteroatoms. The summed E-state index contributed by atoms with van der Waals surface area (Å²) in [6.45, 7) is 6.96. The first-order chi connectivity index (χ1) is 8.20. The summed E-state index contributed by atoms with van der Waals surface area (Å²) >= 11 is 0. The molecule has 0 aliphatic rings. The van der Waals surface area contributed by atoms with E-state index in [-0.39, 0.29) is 0 Å². The van der Waals surface area contributed by atoms with Crippen LogP contribution in [0.25, 0.3) is 0 Å². The Hall–Kier alpha value is -0.160. The molecule has 0 fully saturated rings. The molecule has 1 atom stereocenters. The SMILES string of the molecule is COCCCN(CCCCC(C)N)CCOC. The molecule has 0 bridgehead atoms. The highest BCUT2D eigenvalue weighted by Crippen LogP contribution is 2.02. The molecule has 1 unspecified atom stereocenters. The van der Waals surface area contributed by atoms with E-state index in [1.54, 1.807) is 14.2 Å². The van der Waals surface area contributed by atoms with Crippen molar-refractivity contribution in [3.8, 4) is 0 Å². The predicted octanol–water partition coefficient (Wildman–Crippen LogP) is 1.49. The molecule has 0 radical (unpaired) electrons. The lowest BCUT2D eigenvalue weighted by atomic mass is 10.1. The van der Waals surface area contributed by atoms with Gasteiger partial charge in [0.1, 0.15) is 0 Å². The summed E-state index contributed by atoms with van der Waals surface area (Å²) in [4.78, 5) is 2.45. The average Bonchev–Trinajstić information content (AvgIpc) is 2.30. The Bertz CT molecular complexity index is 154. The van der Waals surface area contributed by atoms with E-state index in [9.17, 15) is 0 Å². The highest BCUT2D eigenvalue weighted by molar-refractivity contribution is 4.60. The molecule has 4 nitrogen and oxygen atoms in total. The molecule has 0 amide bonds. The van der Waals surface area contributed by atoms with Gasteiger partial charge in [-0.25, -0.2) is 0 Å². The molecular formula is C13H30N2O2. The highest BCUT2D eigenvalue weighted by atomic mass is 16.5. The number of rotatable bonds is 12. The van der Waals surface area contributed by atoms with Crippen molar-refractivity contribution in [2.24, 2.45) is 5.73 Å². The average molecular weight is 246 g/mol. The van der Waals surface area contributed by atoms with Crippen molar-refractivity contribution in [1.29, 1.82) is 0 Å². The molecule has 0 spiro atoms. The second-order valence-electron chi connectivity index (χ2n) is 4.65. The van der Waals surface area contributed by atoms with Crippen molar-refractivity contribution in [3.63, 3.8) is 0 Å². The predicted molar refractivity (Wildman–Crippen MR) is 72.3 cm³/mol. The number of methoxy groups -OCH3 is 2. The van der Waals surface area contributed by atoms with Crippen LogP contribution < -0.4 is 5.73 Å². The van der Waals surface area contributed by atoms with E-state index in [1.165, 1.54) is 12.8 Å². The van der Waals surface area contributed by atoms with Gasteiger partial charge in [0.2, 0.25) is 0 Å². The minimum Gasteiger partial charge on any atom is -0.385 e. The maximum Gasteiger partial charge on any atom is 0.0589 e. The topological polar surface area (TPSA) is 47.7 Å². The number of hydrogen-bond acceptors (Lipinski definition) is 4. The van der Waals surface area contributed by atoms with E-state index in [1.807, 2.05) is 0 Å². The Balaban J connectivity index is 3.60. The maximum absolute atomic E-state index is 5.74. The molecule has 0 aromatic rings. The van der Waals surface area contributed by atoms with Gasteiger partial charge in [-0.2, -0.15) is 0 Å². The smallest absolute Gasteiger partial charge is 0.0589 e. The Morgan fingerprint density at radius 1 is 0.941 bits per heavy atom. The molecule has 0 saturated carbocycles. The number of nitrogens with two attached hydrogens (primary N) is 1. The van der Waals surface area contributed by atoms with Crippen molar-refractivity contribution >= 4 is 0 Å². The third kappa shape index (κ3) is 12.1. The largest absolute Gasteiger partial charge is 0.385 e. The van der Waals surface area contributed by atoms with Gasteiger partial charge in [-0.3, -0.25) is 0 Å². The number of ether oxygens (including phenoxy) is 2. The molecule has 0 aliphatic carbocycles. The van der Waals surface area contributed by atoms with Gasteiger partial charge >= 0.3 is 0 Å². The Kier molecular flexibility index (Phi) is 12.2. The Labute approximate surface area is 106 Å². The van der Waals surface area contributed by atoms with Crippen molar-refractivity contribution in [2.75, 3.05) is 47.1 Å². The molecule has 17 heavy (non-hydrogen) atoms. The molecule has 0 saturated heterocycles.